The summed E-state index contributed by atoms with van der Waals surface area (Å²) in [5.41, 5.74) is 0.746. The maximum absolute atomic E-state index is 14.1. The van der Waals surface area contributed by atoms with Crippen molar-refractivity contribution in [2.75, 3.05) is 18.0 Å². The van der Waals surface area contributed by atoms with Crippen LogP contribution in [0.1, 0.15) is 36.1 Å². The Morgan fingerprint density at radius 1 is 1.09 bits per heavy atom. The average Bonchev–Trinajstić information content (AvgIpc) is 2.85. The lowest BCUT2D eigenvalue weighted by Crippen LogP contribution is -2.70. The summed E-state index contributed by atoms with van der Waals surface area (Å²) in [6.45, 7) is 2.55. The van der Waals surface area contributed by atoms with Crippen molar-refractivity contribution < 1.29 is 14.4 Å². The molecule has 1 aromatic carbocycles. The quantitative estimate of drug-likeness (QED) is 0.589. The van der Waals surface area contributed by atoms with Gasteiger partial charge >= 0.3 is 6.03 Å². The second-order valence-electron chi connectivity index (χ2n) is 9.06. The van der Waals surface area contributed by atoms with Crippen LogP contribution >= 0.6 is 0 Å². The molecule has 0 aliphatic carbocycles. The van der Waals surface area contributed by atoms with Crippen LogP contribution in [0.15, 0.2) is 53.5 Å². The summed E-state index contributed by atoms with van der Waals surface area (Å²) in [5.74, 6) is -0.719. The molecule has 0 unspecified atom stereocenters. The number of nitrogens with one attached hydrogen (secondary N) is 1. The van der Waals surface area contributed by atoms with Gasteiger partial charge in [0, 0.05) is 25.7 Å². The van der Waals surface area contributed by atoms with E-state index in [0.29, 0.717) is 36.4 Å². The number of barbiturate groups is 1. The van der Waals surface area contributed by atoms with Crippen LogP contribution in [-0.4, -0.2) is 45.2 Å². The van der Waals surface area contributed by atoms with Crippen molar-refractivity contribution in [3.8, 4) is 0 Å². The Morgan fingerprint density at radius 3 is 2.71 bits per heavy atom. The van der Waals surface area contributed by atoms with Crippen LogP contribution in [-0.2, 0) is 22.4 Å². The van der Waals surface area contributed by atoms with Crippen molar-refractivity contribution in [2.45, 2.75) is 32.2 Å². The Morgan fingerprint density at radius 2 is 1.88 bits per heavy atom. The van der Waals surface area contributed by atoms with E-state index in [9.17, 15) is 19.2 Å². The number of imide groups is 2. The number of carbonyl (C=O) groups excluding carboxylic acids is 3. The van der Waals surface area contributed by atoms with E-state index in [1.165, 1.54) is 4.40 Å². The first-order valence-corrected chi connectivity index (χ1v) is 11.5. The second-order valence-corrected chi connectivity index (χ2v) is 9.06. The molecule has 2 atom stereocenters. The van der Waals surface area contributed by atoms with E-state index >= 15 is 0 Å². The summed E-state index contributed by atoms with van der Waals surface area (Å²) >= 11 is 0. The molecule has 0 radical (unpaired) electrons. The number of fused-ring (bicyclic) bond motifs is 7. The first-order valence-electron chi connectivity index (χ1n) is 11.5. The van der Waals surface area contributed by atoms with E-state index < -0.39 is 29.3 Å². The van der Waals surface area contributed by atoms with Gasteiger partial charge in [0.05, 0.1) is 11.6 Å². The van der Waals surface area contributed by atoms with Crippen LogP contribution in [0, 0.1) is 5.41 Å². The van der Waals surface area contributed by atoms with Gasteiger partial charge in [0.25, 0.3) is 5.56 Å². The maximum Gasteiger partial charge on any atom is 0.330 e. The molecule has 3 aromatic rings. The molecule has 3 aliphatic rings. The molecule has 4 amide bonds. The molecule has 0 saturated carbocycles. The van der Waals surface area contributed by atoms with E-state index in [1.54, 1.807) is 18.3 Å². The third kappa shape index (κ3) is 2.57. The van der Waals surface area contributed by atoms with Crippen molar-refractivity contribution in [2.24, 2.45) is 5.41 Å². The summed E-state index contributed by atoms with van der Waals surface area (Å²) in [6, 6.07) is 11.7. The van der Waals surface area contributed by atoms with Gasteiger partial charge < -0.3 is 4.90 Å². The van der Waals surface area contributed by atoms with Crippen LogP contribution in [0.25, 0.3) is 5.65 Å². The highest BCUT2D eigenvalue weighted by Gasteiger charge is 2.64. The normalized spacial score (nSPS) is 23.6. The van der Waals surface area contributed by atoms with Crippen molar-refractivity contribution in [1.82, 2.24) is 19.6 Å². The van der Waals surface area contributed by atoms with Gasteiger partial charge in [-0.05, 0) is 36.1 Å². The van der Waals surface area contributed by atoms with Crippen LogP contribution in [0.3, 0.4) is 0 Å². The van der Waals surface area contributed by atoms with Gasteiger partial charge in [0.2, 0.25) is 11.8 Å². The molecule has 1 N–H and O–H groups in total. The third-order valence-electron chi connectivity index (χ3n) is 7.23. The molecule has 9 nitrogen and oxygen atoms in total. The number of pyridine rings is 1. The molecular weight excluding hydrogens is 434 g/mol. The van der Waals surface area contributed by atoms with Gasteiger partial charge in [0.15, 0.2) is 5.41 Å². The number of anilines is 1. The zero-order valence-electron chi connectivity index (χ0n) is 18.7. The molecule has 34 heavy (non-hydrogen) atoms. The highest BCUT2D eigenvalue weighted by Crippen LogP contribution is 2.52. The molecule has 172 valence electrons. The minimum Gasteiger partial charge on any atom is -0.347 e. The number of amides is 4. The van der Waals surface area contributed by atoms with E-state index in [4.69, 9.17) is 4.98 Å². The SMILES string of the molecule is CCCN1C(=O)NC(=O)[C@]2(Cc3c(nc4ccccn4c3=O)N3CCc4ccccc4[C@H]32)C1=O. The summed E-state index contributed by atoms with van der Waals surface area (Å²) in [6.07, 6.45) is 2.75. The molecule has 5 heterocycles. The molecular formula is C25H23N5O4. The van der Waals surface area contributed by atoms with Gasteiger partial charge in [-0.2, -0.15) is 0 Å². The Hall–Kier alpha value is -4.01. The molecule has 6 rings (SSSR count). The van der Waals surface area contributed by atoms with E-state index in [0.717, 1.165) is 16.0 Å². The first-order chi connectivity index (χ1) is 16.5. The number of benzene rings is 1. The number of rotatable bonds is 2. The van der Waals surface area contributed by atoms with E-state index in [1.807, 2.05) is 42.2 Å². The standard InChI is InChI=1S/C25H23N5O4/c1-2-11-30-23(33)25(22(32)27-24(30)34)14-17-20(26-18-9-5-6-12-28(18)21(17)31)29-13-10-15-7-3-4-8-16(15)19(25)29/h3-9,12,19H,2,10-11,13-14H2,1H3,(H,27,32,34)/t19-,25+/m0/s1. The highest BCUT2D eigenvalue weighted by molar-refractivity contribution is 6.20. The van der Waals surface area contributed by atoms with Gasteiger partial charge in [0.1, 0.15) is 11.5 Å². The monoisotopic (exact) mass is 457 g/mol. The Labute approximate surface area is 195 Å². The van der Waals surface area contributed by atoms with Gasteiger partial charge in [-0.1, -0.05) is 37.3 Å². The number of hydrogen-bond acceptors (Lipinski definition) is 6. The molecule has 0 bridgehead atoms. The Bertz CT molecular complexity index is 1450. The summed E-state index contributed by atoms with van der Waals surface area (Å²) in [7, 11) is 0. The second kappa shape index (κ2) is 7.24. The maximum atomic E-state index is 14.1. The third-order valence-corrected chi connectivity index (χ3v) is 7.23. The largest absolute Gasteiger partial charge is 0.347 e. The Kier molecular flexibility index (Phi) is 4.39. The van der Waals surface area contributed by atoms with E-state index in [-0.39, 0.29) is 18.5 Å². The fraction of sp³-hybridized carbons (Fsp3) is 0.320. The van der Waals surface area contributed by atoms with Crippen molar-refractivity contribution >= 4 is 29.3 Å². The number of carbonyl (C=O) groups is 3. The summed E-state index contributed by atoms with van der Waals surface area (Å²) in [4.78, 5) is 61.7. The van der Waals surface area contributed by atoms with E-state index in [2.05, 4.69) is 5.32 Å². The van der Waals surface area contributed by atoms with Crippen LogP contribution < -0.4 is 15.8 Å². The molecule has 1 saturated heterocycles. The fourth-order valence-corrected chi connectivity index (χ4v) is 5.74. The Balaban J connectivity index is 1.66. The van der Waals surface area contributed by atoms with Crippen molar-refractivity contribution in [3.63, 3.8) is 0 Å². The lowest BCUT2D eigenvalue weighted by Gasteiger charge is -2.53. The predicted molar refractivity (Wildman–Crippen MR) is 123 cm³/mol. The fourth-order valence-electron chi connectivity index (χ4n) is 5.74. The number of aromatic nitrogens is 2. The number of nitrogens with zero attached hydrogens (tertiary/aromatic N) is 4. The smallest absolute Gasteiger partial charge is 0.330 e. The minimum atomic E-state index is -1.66. The average molecular weight is 457 g/mol. The molecule has 9 heteroatoms. The first kappa shape index (κ1) is 20.6. The lowest BCUT2D eigenvalue weighted by atomic mass is 9.65. The van der Waals surface area contributed by atoms with Gasteiger partial charge in [-0.3, -0.25) is 29.0 Å². The predicted octanol–water partition coefficient (Wildman–Crippen LogP) is 1.83. The summed E-state index contributed by atoms with van der Waals surface area (Å²) < 4.78 is 1.44. The molecule has 3 aliphatic heterocycles. The highest BCUT2D eigenvalue weighted by atomic mass is 16.2. The summed E-state index contributed by atoms with van der Waals surface area (Å²) in [5, 5.41) is 2.43. The van der Waals surface area contributed by atoms with Crippen LogP contribution in [0.5, 0.6) is 0 Å². The van der Waals surface area contributed by atoms with Crippen LogP contribution in [0.4, 0.5) is 10.6 Å². The zero-order chi connectivity index (χ0) is 23.6. The number of urea groups is 1. The van der Waals surface area contributed by atoms with Crippen molar-refractivity contribution in [3.05, 3.63) is 75.7 Å². The van der Waals surface area contributed by atoms with Gasteiger partial charge in [-0.25, -0.2) is 9.78 Å². The molecule has 1 fully saturated rings. The lowest BCUT2D eigenvalue weighted by molar-refractivity contribution is -0.154. The van der Waals surface area contributed by atoms with Crippen LogP contribution in [0.2, 0.25) is 0 Å². The topological polar surface area (TPSA) is 104 Å². The zero-order valence-corrected chi connectivity index (χ0v) is 18.7. The number of hydrogen-bond donors (Lipinski definition) is 1. The van der Waals surface area contributed by atoms with Gasteiger partial charge in [-0.15, -0.1) is 0 Å². The minimum absolute atomic E-state index is 0.125. The van der Waals surface area contributed by atoms with Crippen molar-refractivity contribution in [1.29, 1.82) is 0 Å². The molecule has 2 aromatic heterocycles. The molecule has 1 spiro atoms.